The van der Waals surface area contributed by atoms with Gasteiger partial charge in [-0.05, 0) is 38.9 Å². The van der Waals surface area contributed by atoms with Crippen LogP contribution in [0.2, 0.25) is 0 Å². The molecular weight excluding hydrogens is 224 g/mol. The average Bonchev–Trinajstić information content (AvgIpc) is 2.24. The molecule has 1 aromatic heterocycles. The van der Waals surface area contributed by atoms with Gasteiger partial charge in [-0.1, -0.05) is 6.07 Å². The molecule has 1 N–H and O–H groups in total. The summed E-state index contributed by atoms with van der Waals surface area (Å²) in [4.78, 5) is 4.23. The molecule has 0 saturated heterocycles. The number of pyridine rings is 1. The van der Waals surface area contributed by atoms with E-state index in [1.54, 1.807) is 0 Å². The SMILES string of the molecule is CC(C)OCCCNCc1ccccn1.Cl. The van der Waals surface area contributed by atoms with Crippen molar-refractivity contribution in [1.29, 1.82) is 0 Å². The summed E-state index contributed by atoms with van der Waals surface area (Å²) in [5.74, 6) is 0. The molecule has 0 saturated carbocycles. The van der Waals surface area contributed by atoms with E-state index in [0.29, 0.717) is 6.10 Å². The molecule has 0 amide bonds. The van der Waals surface area contributed by atoms with Crippen molar-refractivity contribution in [3.8, 4) is 0 Å². The third-order valence-corrected chi connectivity index (χ3v) is 1.98. The first-order valence-corrected chi connectivity index (χ1v) is 5.51. The number of rotatable bonds is 7. The Kier molecular flexibility index (Phi) is 9.19. The largest absolute Gasteiger partial charge is 0.379 e. The average molecular weight is 245 g/mol. The molecule has 0 aliphatic rings. The van der Waals surface area contributed by atoms with Crippen molar-refractivity contribution in [3.63, 3.8) is 0 Å². The number of nitrogens with zero attached hydrogens (tertiary/aromatic N) is 1. The maximum absolute atomic E-state index is 5.44. The Morgan fingerprint density at radius 2 is 2.19 bits per heavy atom. The van der Waals surface area contributed by atoms with Gasteiger partial charge in [0.05, 0.1) is 11.8 Å². The number of nitrogens with one attached hydrogen (secondary N) is 1. The monoisotopic (exact) mass is 244 g/mol. The second-order valence-electron chi connectivity index (χ2n) is 3.77. The summed E-state index contributed by atoms with van der Waals surface area (Å²) in [6.45, 7) is 6.75. The van der Waals surface area contributed by atoms with E-state index in [1.165, 1.54) is 0 Å². The van der Waals surface area contributed by atoms with Crippen molar-refractivity contribution in [3.05, 3.63) is 30.1 Å². The summed E-state index contributed by atoms with van der Waals surface area (Å²) in [6.07, 6.45) is 3.20. The maximum atomic E-state index is 5.44. The Bertz CT molecular complexity index is 254. The van der Waals surface area contributed by atoms with E-state index in [0.717, 1.165) is 31.8 Å². The van der Waals surface area contributed by atoms with E-state index in [1.807, 2.05) is 24.4 Å². The van der Waals surface area contributed by atoms with Crippen LogP contribution in [0.1, 0.15) is 26.0 Å². The zero-order chi connectivity index (χ0) is 10.9. The Balaban J connectivity index is 0.00000225. The van der Waals surface area contributed by atoms with Crippen LogP contribution in [0.4, 0.5) is 0 Å². The van der Waals surface area contributed by atoms with Crippen LogP contribution in [0, 0.1) is 0 Å². The zero-order valence-electron chi connectivity index (χ0n) is 9.98. The van der Waals surface area contributed by atoms with Crippen molar-refractivity contribution in [2.45, 2.75) is 32.9 Å². The van der Waals surface area contributed by atoms with Crippen LogP contribution < -0.4 is 5.32 Å². The topological polar surface area (TPSA) is 34.1 Å². The van der Waals surface area contributed by atoms with Crippen molar-refractivity contribution >= 4 is 12.4 Å². The van der Waals surface area contributed by atoms with Gasteiger partial charge in [-0.3, -0.25) is 4.98 Å². The first kappa shape index (κ1) is 15.4. The molecular formula is C12H21ClN2O. The van der Waals surface area contributed by atoms with Crippen LogP contribution in [-0.4, -0.2) is 24.2 Å². The first-order chi connectivity index (χ1) is 7.29. The van der Waals surface area contributed by atoms with Crippen molar-refractivity contribution < 1.29 is 4.74 Å². The molecule has 0 aliphatic carbocycles. The third kappa shape index (κ3) is 7.63. The van der Waals surface area contributed by atoms with Gasteiger partial charge in [0.1, 0.15) is 0 Å². The van der Waals surface area contributed by atoms with Gasteiger partial charge in [0.15, 0.2) is 0 Å². The van der Waals surface area contributed by atoms with Crippen LogP contribution in [0.5, 0.6) is 0 Å². The minimum atomic E-state index is 0. The summed E-state index contributed by atoms with van der Waals surface area (Å²) in [5.41, 5.74) is 1.09. The third-order valence-electron chi connectivity index (χ3n) is 1.98. The minimum Gasteiger partial charge on any atom is -0.379 e. The van der Waals surface area contributed by atoms with Crippen LogP contribution in [0.25, 0.3) is 0 Å². The standard InChI is InChI=1S/C12H20N2O.ClH/c1-11(2)15-9-5-7-13-10-12-6-3-4-8-14-12;/h3-4,6,8,11,13H,5,7,9-10H2,1-2H3;1H. The van der Waals surface area contributed by atoms with E-state index in [9.17, 15) is 0 Å². The second-order valence-corrected chi connectivity index (χ2v) is 3.77. The molecule has 1 rings (SSSR count). The zero-order valence-corrected chi connectivity index (χ0v) is 10.8. The fourth-order valence-electron chi connectivity index (χ4n) is 1.24. The number of aromatic nitrogens is 1. The Labute approximate surface area is 104 Å². The second kappa shape index (κ2) is 9.58. The molecule has 0 bridgehead atoms. The van der Waals surface area contributed by atoms with Crippen molar-refractivity contribution in [2.75, 3.05) is 13.2 Å². The fraction of sp³-hybridized carbons (Fsp3) is 0.583. The number of hydrogen-bond donors (Lipinski definition) is 1. The maximum Gasteiger partial charge on any atom is 0.0541 e. The molecule has 0 fully saturated rings. The highest BCUT2D eigenvalue weighted by Crippen LogP contribution is 1.93. The van der Waals surface area contributed by atoms with Crippen LogP contribution in [0.3, 0.4) is 0 Å². The van der Waals surface area contributed by atoms with Gasteiger partial charge in [0.25, 0.3) is 0 Å². The molecule has 1 heterocycles. The first-order valence-electron chi connectivity index (χ1n) is 5.51. The molecule has 92 valence electrons. The van der Waals surface area contributed by atoms with Crippen LogP contribution in [-0.2, 0) is 11.3 Å². The van der Waals surface area contributed by atoms with Crippen molar-refractivity contribution in [2.24, 2.45) is 0 Å². The quantitative estimate of drug-likeness (QED) is 0.748. The van der Waals surface area contributed by atoms with Gasteiger partial charge in [0.2, 0.25) is 0 Å². The lowest BCUT2D eigenvalue weighted by Gasteiger charge is -2.07. The van der Waals surface area contributed by atoms with Crippen LogP contribution in [0.15, 0.2) is 24.4 Å². The van der Waals surface area contributed by atoms with E-state index < -0.39 is 0 Å². The highest BCUT2D eigenvalue weighted by Gasteiger charge is 1.94. The predicted octanol–water partition coefficient (Wildman–Crippen LogP) is 2.41. The fourth-order valence-corrected chi connectivity index (χ4v) is 1.24. The molecule has 1 aromatic rings. The van der Waals surface area contributed by atoms with Crippen molar-refractivity contribution in [1.82, 2.24) is 10.3 Å². The molecule has 0 aromatic carbocycles. The van der Waals surface area contributed by atoms with E-state index in [2.05, 4.69) is 24.1 Å². The molecule has 0 unspecified atom stereocenters. The van der Waals surface area contributed by atoms with Crippen LogP contribution >= 0.6 is 12.4 Å². The van der Waals surface area contributed by atoms with Gasteiger partial charge in [-0.15, -0.1) is 12.4 Å². The summed E-state index contributed by atoms with van der Waals surface area (Å²) in [5, 5.41) is 3.33. The Hall–Kier alpha value is -0.640. The van der Waals surface area contributed by atoms with E-state index >= 15 is 0 Å². The van der Waals surface area contributed by atoms with E-state index in [-0.39, 0.29) is 12.4 Å². The smallest absolute Gasteiger partial charge is 0.0541 e. The molecule has 3 nitrogen and oxygen atoms in total. The Morgan fingerprint density at radius 3 is 2.81 bits per heavy atom. The van der Waals surface area contributed by atoms with Gasteiger partial charge < -0.3 is 10.1 Å². The molecule has 16 heavy (non-hydrogen) atoms. The highest BCUT2D eigenvalue weighted by molar-refractivity contribution is 5.85. The number of halogens is 1. The lowest BCUT2D eigenvalue weighted by atomic mass is 10.3. The predicted molar refractivity (Wildman–Crippen MR) is 68.9 cm³/mol. The Morgan fingerprint density at radius 1 is 1.38 bits per heavy atom. The molecule has 0 radical (unpaired) electrons. The van der Waals surface area contributed by atoms with Gasteiger partial charge in [0, 0.05) is 19.3 Å². The number of hydrogen-bond acceptors (Lipinski definition) is 3. The van der Waals surface area contributed by atoms with Gasteiger partial charge >= 0.3 is 0 Å². The lowest BCUT2D eigenvalue weighted by molar-refractivity contribution is 0.0770. The van der Waals surface area contributed by atoms with E-state index in [4.69, 9.17) is 4.74 Å². The molecule has 0 atom stereocenters. The molecule has 4 heteroatoms. The summed E-state index contributed by atoms with van der Waals surface area (Å²) in [6, 6.07) is 5.96. The van der Waals surface area contributed by atoms with Gasteiger partial charge in [-0.2, -0.15) is 0 Å². The normalized spacial score (nSPS) is 10.2. The summed E-state index contributed by atoms with van der Waals surface area (Å²) >= 11 is 0. The lowest BCUT2D eigenvalue weighted by Crippen LogP contribution is -2.17. The minimum absolute atomic E-state index is 0. The van der Waals surface area contributed by atoms with Gasteiger partial charge in [-0.25, -0.2) is 0 Å². The molecule has 0 spiro atoms. The summed E-state index contributed by atoms with van der Waals surface area (Å²) in [7, 11) is 0. The molecule has 0 aliphatic heterocycles. The highest BCUT2D eigenvalue weighted by atomic mass is 35.5. The summed E-state index contributed by atoms with van der Waals surface area (Å²) < 4.78 is 5.44. The number of ether oxygens (including phenoxy) is 1.